The Morgan fingerprint density at radius 2 is 1.92 bits per heavy atom. The lowest BCUT2D eigenvalue weighted by Gasteiger charge is -2.32. The molecule has 1 aliphatic rings. The molecule has 0 atom stereocenters. The standard InChI is InChI=1S/C18H26N2O5S/c1-25-18(22)14-7-6-8-15(13-14)19-17(21)11-12-20(26(2,23)24)16-9-4-3-5-10-16/h6-8,13,16H,3-5,9-12H2,1-2H3,(H,19,21). The Hall–Kier alpha value is -1.93. The van der Waals surface area contributed by atoms with Crippen molar-refractivity contribution in [2.24, 2.45) is 0 Å². The first-order chi connectivity index (χ1) is 12.3. The van der Waals surface area contributed by atoms with Gasteiger partial charge in [0.25, 0.3) is 0 Å². The lowest BCUT2D eigenvalue weighted by atomic mass is 9.95. The average molecular weight is 382 g/mol. The first-order valence-corrected chi connectivity index (χ1v) is 10.6. The molecule has 1 amide bonds. The predicted molar refractivity (Wildman–Crippen MR) is 99.5 cm³/mol. The van der Waals surface area contributed by atoms with E-state index in [2.05, 4.69) is 10.1 Å². The third-order valence-electron chi connectivity index (χ3n) is 4.53. The smallest absolute Gasteiger partial charge is 0.337 e. The number of anilines is 1. The molecule has 8 heteroatoms. The van der Waals surface area contributed by atoms with E-state index in [1.807, 2.05) is 0 Å². The van der Waals surface area contributed by atoms with Gasteiger partial charge in [-0.25, -0.2) is 13.2 Å². The number of carbonyl (C=O) groups is 2. The van der Waals surface area contributed by atoms with Gasteiger partial charge in [-0.05, 0) is 31.0 Å². The van der Waals surface area contributed by atoms with E-state index >= 15 is 0 Å². The summed E-state index contributed by atoms with van der Waals surface area (Å²) in [6, 6.07) is 6.41. The molecular weight excluding hydrogens is 356 g/mol. The maximum atomic E-state index is 12.2. The quantitative estimate of drug-likeness (QED) is 0.731. The number of rotatable bonds is 7. The van der Waals surface area contributed by atoms with Gasteiger partial charge in [-0.3, -0.25) is 4.79 Å². The Morgan fingerprint density at radius 3 is 2.54 bits per heavy atom. The van der Waals surface area contributed by atoms with Crippen LogP contribution in [-0.2, 0) is 19.6 Å². The molecule has 7 nitrogen and oxygen atoms in total. The normalized spacial score (nSPS) is 15.7. The zero-order valence-corrected chi connectivity index (χ0v) is 16.0. The molecule has 0 aliphatic heterocycles. The second-order valence-electron chi connectivity index (χ2n) is 6.54. The number of methoxy groups -OCH3 is 1. The molecule has 1 saturated carbocycles. The fourth-order valence-corrected chi connectivity index (χ4v) is 4.44. The lowest BCUT2D eigenvalue weighted by Crippen LogP contribution is -2.42. The van der Waals surface area contributed by atoms with Crippen molar-refractivity contribution in [1.82, 2.24) is 4.31 Å². The van der Waals surface area contributed by atoms with E-state index in [9.17, 15) is 18.0 Å². The van der Waals surface area contributed by atoms with Crippen LogP contribution in [-0.4, -0.2) is 50.6 Å². The van der Waals surface area contributed by atoms with Crippen LogP contribution in [0.2, 0.25) is 0 Å². The lowest BCUT2D eigenvalue weighted by molar-refractivity contribution is -0.116. The van der Waals surface area contributed by atoms with Gasteiger partial charge in [0.2, 0.25) is 15.9 Å². The fourth-order valence-electron chi connectivity index (χ4n) is 3.27. The van der Waals surface area contributed by atoms with E-state index in [-0.39, 0.29) is 24.9 Å². The van der Waals surface area contributed by atoms with Gasteiger partial charge in [-0.15, -0.1) is 0 Å². The maximum absolute atomic E-state index is 12.2. The van der Waals surface area contributed by atoms with Gasteiger partial charge >= 0.3 is 5.97 Å². The third-order valence-corrected chi connectivity index (χ3v) is 5.87. The Morgan fingerprint density at radius 1 is 1.23 bits per heavy atom. The highest BCUT2D eigenvalue weighted by molar-refractivity contribution is 7.88. The van der Waals surface area contributed by atoms with Crippen LogP contribution in [0.3, 0.4) is 0 Å². The highest BCUT2D eigenvalue weighted by Gasteiger charge is 2.28. The number of hydrogen-bond acceptors (Lipinski definition) is 5. The third kappa shape index (κ3) is 5.81. The maximum Gasteiger partial charge on any atom is 0.337 e. The Balaban J connectivity index is 1.97. The molecule has 0 bridgehead atoms. The van der Waals surface area contributed by atoms with Crippen molar-refractivity contribution < 1.29 is 22.7 Å². The fraction of sp³-hybridized carbons (Fsp3) is 0.556. The molecule has 1 aliphatic carbocycles. The predicted octanol–water partition coefficient (Wildman–Crippen LogP) is 2.40. The van der Waals surface area contributed by atoms with Crippen LogP contribution >= 0.6 is 0 Å². The SMILES string of the molecule is COC(=O)c1cccc(NC(=O)CCN(C2CCCCC2)S(C)(=O)=O)c1. The second-order valence-corrected chi connectivity index (χ2v) is 8.47. The molecular formula is C18H26N2O5S. The number of ether oxygens (including phenoxy) is 1. The Bertz CT molecular complexity index is 742. The highest BCUT2D eigenvalue weighted by atomic mass is 32.2. The minimum Gasteiger partial charge on any atom is -0.465 e. The zero-order valence-electron chi connectivity index (χ0n) is 15.2. The zero-order chi connectivity index (χ0) is 19.2. The average Bonchev–Trinajstić information content (AvgIpc) is 2.61. The van der Waals surface area contributed by atoms with Crippen LogP contribution in [0.4, 0.5) is 5.69 Å². The van der Waals surface area contributed by atoms with Gasteiger partial charge in [0, 0.05) is 24.7 Å². The first-order valence-electron chi connectivity index (χ1n) is 8.76. The number of sulfonamides is 1. The molecule has 0 aromatic heterocycles. The van der Waals surface area contributed by atoms with Crippen molar-refractivity contribution in [3.63, 3.8) is 0 Å². The van der Waals surface area contributed by atoms with Crippen LogP contribution in [0.25, 0.3) is 0 Å². The summed E-state index contributed by atoms with van der Waals surface area (Å²) in [7, 11) is -2.07. The van der Waals surface area contributed by atoms with Crippen LogP contribution in [0.5, 0.6) is 0 Å². The van der Waals surface area contributed by atoms with Crippen molar-refractivity contribution in [1.29, 1.82) is 0 Å². The van der Waals surface area contributed by atoms with Crippen molar-refractivity contribution in [3.05, 3.63) is 29.8 Å². The van der Waals surface area contributed by atoms with Gasteiger partial charge in [0.05, 0.1) is 18.9 Å². The van der Waals surface area contributed by atoms with Gasteiger partial charge < -0.3 is 10.1 Å². The molecule has 0 saturated heterocycles. The molecule has 0 spiro atoms. The number of nitrogens with zero attached hydrogens (tertiary/aromatic N) is 1. The van der Waals surface area contributed by atoms with Crippen molar-refractivity contribution in [2.45, 2.75) is 44.6 Å². The van der Waals surface area contributed by atoms with E-state index in [1.165, 1.54) is 23.7 Å². The summed E-state index contributed by atoms with van der Waals surface area (Å²) in [5.41, 5.74) is 0.812. The minimum absolute atomic E-state index is 0.0193. The molecule has 0 heterocycles. The van der Waals surface area contributed by atoms with Gasteiger partial charge in [-0.2, -0.15) is 4.31 Å². The van der Waals surface area contributed by atoms with Crippen LogP contribution in [0.1, 0.15) is 48.9 Å². The summed E-state index contributed by atoms with van der Waals surface area (Å²) in [6.45, 7) is 0.159. The number of benzene rings is 1. The largest absolute Gasteiger partial charge is 0.465 e. The summed E-state index contributed by atoms with van der Waals surface area (Å²) in [5.74, 6) is -0.780. The molecule has 1 aromatic carbocycles. The highest BCUT2D eigenvalue weighted by Crippen LogP contribution is 2.24. The van der Waals surface area contributed by atoms with Gasteiger partial charge in [0.15, 0.2) is 0 Å². The molecule has 2 rings (SSSR count). The number of nitrogens with one attached hydrogen (secondary N) is 1. The van der Waals surface area contributed by atoms with Gasteiger partial charge in [0.1, 0.15) is 0 Å². The summed E-state index contributed by atoms with van der Waals surface area (Å²) < 4.78 is 30.3. The Kier molecular flexibility index (Phi) is 7.16. The summed E-state index contributed by atoms with van der Waals surface area (Å²) >= 11 is 0. The summed E-state index contributed by atoms with van der Waals surface area (Å²) in [4.78, 5) is 23.8. The number of carbonyl (C=O) groups excluding carboxylic acids is 2. The summed E-state index contributed by atoms with van der Waals surface area (Å²) in [6.07, 6.45) is 6.11. The van der Waals surface area contributed by atoms with E-state index in [4.69, 9.17) is 0 Å². The topological polar surface area (TPSA) is 92.8 Å². The summed E-state index contributed by atoms with van der Waals surface area (Å²) in [5, 5.41) is 2.70. The number of esters is 1. The first kappa shape index (κ1) is 20.4. The number of amides is 1. The molecule has 26 heavy (non-hydrogen) atoms. The van der Waals surface area contributed by atoms with Crippen LogP contribution < -0.4 is 5.32 Å². The van der Waals surface area contributed by atoms with Crippen LogP contribution in [0.15, 0.2) is 24.3 Å². The van der Waals surface area contributed by atoms with E-state index in [1.54, 1.807) is 18.2 Å². The Labute approximate surface area is 154 Å². The van der Waals surface area contributed by atoms with Crippen molar-refractivity contribution >= 4 is 27.6 Å². The monoisotopic (exact) mass is 382 g/mol. The van der Waals surface area contributed by atoms with Crippen molar-refractivity contribution in [3.8, 4) is 0 Å². The minimum atomic E-state index is -3.36. The molecule has 144 valence electrons. The van der Waals surface area contributed by atoms with Crippen LogP contribution in [0, 0.1) is 0 Å². The van der Waals surface area contributed by atoms with E-state index in [0.717, 1.165) is 32.1 Å². The molecule has 0 radical (unpaired) electrons. The number of hydrogen-bond donors (Lipinski definition) is 1. The molecule has 1 N–H and O–H groups in total. The van der Waals surface area contributed by atoms with Gasteiger partial charge in [-0.1, -0.05) is 25.3 Å². The molecule has 1 aromatic rings. The molecule has 1 fully saturated rings. The second kappa shape index (κ2) is 9.14. The van der Waals surface area contributed by atoms with E-state index in [0.29, 0.717) is 11.3 Å². The van der Waals surface area contributed by atoms with E-state index < -0.39 is 16.0 Å². The van der Waals surface area contributed by atoms with Crippen molar-refractivity contribution in [2.75, 3.05) is 25.2 Å². The molecule has 0 unspecified atom stereocenters.